The van der Waals surface area contributed by atoms with Gasteiger partial charge in [-0.3, -0.25) is 9.59 Å². The number of nitrogens with zero attached hydrogens (tertiary/aromatic N) is 1. The number of nitrogens with one attached hydrogen (secondary N) is 2. The van der Waals surface area contributed by atoms with E-state index >= 15 is 0 Å². The highest BCUT2D eigenvalue weighted by molar-refractivity contribution is 5.94. The Labute approximate surface area is 136 Å². The number of carbonyl (C=O) groups is 2. The monoisotopic (exact) mass is 317 g/mol. The van der Waals surface area contributed by atoms with Crippen LogP contribution >= 0.6 is 0 Å². The van der Waals surface area contributed by atoms with Crippen molar-refractivity contribution in [2.45, 2.75) is 45.6 Å². The minimum atomic E-state index is -0.0724. The fraction of sp³-hybridized carbons (Fsp3) is 0.471. The fourth-order valence-corrected chi connectivity index (χ4v) is 2.19. The molecule has 0 spiro atoms. The number of ether oxygens (including phenoxy) is 1. The number of benzene rings is 1. The summed E-state index contributed by atoms with van der Waals surface area (Å²) in [5, 5.41) is 6.86. The van der Waals surface area contributed by atoms with Crippen LogP contribution in [-0.4, -0.2) is 30.2 Å². The van der Waals surface area contributed by atoms with Crippen LogP contribution in [-0.2, 0) is 9.59 Å². The molecule has 0 aliphatic carbocycles. The van der Waals surface area contributed by atoms with Crippen LogP contribution in [0.1, 0.15) is 38.2 Å². The van der Waals surface area contributed by atoms with Crippen molar-refractivity contribution >= 4 is 17.5 Å². The maximum atomic E-state index is 11.9. The summed E-state index contributed by atoms with van der Waals surface area (Å²) in [7, 11) is 0. The zero-order valence-electron chi connectivity index (χ0n) is 13.6. The molecule has 6 nitrogen and oxygen atoms in total. The number of rotatable bonds is 7. The third-order valence-corrected chi connectivity index (χ3v) is 3.55. The van der Waals surface area contributed by atoms with E-state index in [1.54, 1.807) is 0 Å². The van der Waals surface area contributed by atoms with Crippen molar-refractivity contribution in [3.05, 3.63) is 29.8 Å². The van der Waals surface area contributed by atoms with Crippen molar-refractivity contribution in [3.63, 3.8) is 0 Å². The molecule has 0 saturated heterocycles. The van der Waals surface area contributed by atoms with Crippen LogP contribution in [0.15, 0.2) is 29.4 Å². The number of amides is 2. The lowest BCUT2D eigenvalue weighted by Gasteiger charge is -2.16. The first-order chi connectivity index (χ1) is 11.0. The van der Waals surface area contributed by atoms with Crippen LogP contribution in [0.4, 0.5) is 0 Å². The van der Waals surface area contributed by atoms with Gasteiger partial charge in [-0.25, -0.2) is 5.43 Å². The number of hydrogen-bond donors (Lipinski definition) is 2. The van der Waals surface area contributed by atoms with E-state index in [1.165, 1.54) is 5.56 Å². The maximum absolute atomic E-state index is 11.9. The molecular weight excluding hydrogens is 294 g/mol. The molecule has 124 valence electrons. The third-order valence-electron chi connectivity index (χ3n) is 3.55. The van der Waals surface area contributed by atoms with Crippen molar-refractivity contribution < 1.29 is 14.3 Å². The van der Waals surface area contributed by atoms with Crippen molar-refractivity contribution in [2.24, 2.45) is 5.10 Å². The molecule has 1 atom stereocenters. The van der Waals surface area contributed by atoms with E-state index in [-0.39, 0.29) is 17.9 Å². The van der Waals surface area contributed by atoms with Crippen LogP contribution < -0.4 is 15.5 Å². The van der Waals surface area contributed by atoms with Gasteiger partial charge in [0.1, 0.15) is 12.4 Å². The van der Waals surface area contributed by atoms with E-state index in [0.717, 1.165) is 11.5 Å². The molecule has 1 unspecified atom stereocenters. The molecular formula is C17H23N3O3. The van der Waals surface area contributed by atoms with Gasteiger partial charge in [-0.1, -0.05) is 17.7 Å². The largest absolute Gasteiger partial charge is 0.491 e. The number of carbonyl (C=O) groups excluding carboxylic acids is 2. The van der Waals surface area contributed by atoms with Gasteiger partial charge in [0.2, 0.25) is 11.8 Å². The third kappa shape index (κ3) is 6.10. The average Bonchev–Trinajstić information content (AvgIpc) is 2.54. The predicted molar refractivity (Wildman–Crippen MR) is 88.3 cm³/mol. The van der Waals surface area contributed by atoms with Crippen LogP contribution in [0.25, 0.3) is 0 Å². The lowest BCUT2D eigenvalue weighted by atomic mass is 10.1. The molecule has 1 aliphatic rings. The Morgan fingerprint density at radius 3 is 2.74 bits per heavy atom. The Morgan fingerprint density at radius 1 is 1.35 bits per heavy atom. The summed E-state index contributed by atoms with van der Waals surface area (Å²) in [6.07, 6.45) is 2.01. The van der Waals surface area contributed by atoms with Crippen molar-refractivity contribution in [3.8, 4) is 5.75 Å². The molecule has 6 heteroatoms. The molecule has 0 saturated carbocycles. The van der Waals surface area contributed by atoms with E-state index in [9.17, 15) is 9.59 Å². The molecule has 0 aromatic heterocycles. The maximum Gasteiger partial charge on any atom is 0.240 e. The lowest BCUT2D eigenvalue weighted by molar-refractivity contribution is -0.122. The Morgan fingerprint density at radius 2 is 2.09 bits per heavy atom. The summed E-state index contributed by atoms with van der Waals surface area (Å²) >= 11 is 0. The van der Waals surface area contributed by atoms with E-state index in [1.807, 2.05) is 38.1 Å². The number of aryl methyl sites for hydroxylation is 1. The lowest BCUT2D eigenvalue weighted by Crippen LogP contribution is -2.37. The first-order valence-corrected chi connectivity index (χ1v) is 7.86. The summed E-state index contributed by atoms with van der Waals surface area (Å²) in [6.45, 7) is 4.35. The van der Waals surface area contributed by atoms with Gasteiger partial charge in [0, 0.05) is 18.6 Å². The summed E-state index contributed by atoms with van der Waals surface area (Å²) in [4.78, 5) is 22.9. The van der Waals surface area contributed by atoms with Gasteiger partial charge < -0.3 is 10.1 Å². The van der Waals surface area contributed by atoms with Crippen molar-refractivity contribution in [1.29, 1.82) is 0 Å². The molecule has 1 aliphatic heterocycles. The Hall–Kier alpha value is -2.37. The standard InChI is InChI=1S/C17H23N3O3/c1-12-3-7-15(8-4-12)23-11-13(2)18-16(21)9-5-14-6-10-17(22)20-19-14/h3-4,7-8,13H,5-6,9-11H2,1-2H3,(H,18,21)(H,20,22). The zero-order valence-corrected chi connectivity index (χ0v) is 13.6. The molecule has 2 N–H and O–H groups in total. The molecule has 0 fully saturated rings. The smallest absolute Gasteiger partial charge is 0.240 e. The summed E-state index contributed by atoms with van der Waals surface area (Å²) < 4.78 is 5.64. The van der Waals surface area contributed by atoms with Crippen molar-refractivity contribution in [1.82, 2.24) is 10.7 Å². The van der Waals surface area contributed by atoms with Crippen LogP contribution in [0.2, 0.25) is 0 Å². The van der Waals surface area contributed by atoms with Gasteiger partial charge in [-0.2, -0.15) is 5.10 Å². The summed E-state index contributed by atoms with van der Waals surface area (Å²) in [5.74, 6) is 0.689. The Kier molecular flexibility index (Phi) is 6.14. The molecule has 1 aromatic rings. The second-order valence-corrected chi connectivity index (χ2v) is 5.81. The molecule has 0 radical (unpaired) electrons. The topological polar surface area (TPSA) is 79.8 Å². The molecule has 2 amide bonds. The van der Waals surface area contributed by atoms with Crippen LogP contribution in [0, 0.1) is 6.92 Å². The van der Waals surface area contributed by atoms with E-state index in [0.29, 0.717) is 32.3 Å². The molecule has 1 aromatic carbocycles. The van der Waals surface area contributed by atoms with Crippen LogP contribution in [0.3, 0.4) is 0 Å². The molecule has 23 heavy (non-hydrogen) atoms. The molecule has 2 rings (SSSR count). The molecule has 0 bridgehead atoms. The quantitative estimate of drug-likeness (QED) is 0.806. The van der Waals surface area contributed by atoms with Gasteiger partial charge in [0.15, 0.2) is 0 Å². The van der Waals surface area contributed by atoms with Crippen molar-refractivity contribution in [2.75, 3.05) is 6.61 Å². The number of hydrazone groups is 1. The minimum absolute atomic E-state index is 0.0374. The van der Waals surface area contributed by atoms with Gasteiger partial charge in [0.25, 0.3) is 0 Å². The van der Waals surface area contributed by atoms with Gasteiger partial charge in [0.05, 0.1) is 6.04 Å². The summed E-state index contributed by atoms with van der Waals surface area (Å²) in [6, 6.07) is 7.74. The van der Waals surface area contributed by atoms with Gasteiger partial charge >= 0.3 is 0 Å². The minimum Gasteiger partial charge on any atom is -0.491 e. The fourth-order valence-electron chi connectivity index (χ4n) is 2.19. The predicted octanol–water partition coefficient (Wildman–Crippen LogP) is 1.92. The van der Waals surface area contributed by atoms with Crippen LogP contribution in [0.5, 0.6) is 5.75 Å². The highest BCUT2D eigenvalue weighted by atomic mass is 16.5. The zero-order chi connectivity index (χ0) is 16.7. The second-order valence-electron chi connectivity index (χ2n) is 5.81. The molecule has 1 heterocycles. The van der Waals surface area contributed by atoms with E-state index < -0.39 is 0 Å². The first kappa shape index (κ1) is 17.0. The van der Waals surface area contributed by atoms with Gasteiger partial charge in [-0.15, -0.1) is 0 Å². The van der Waals surface area contributed by atoms with Gasteiger partial charge in [-0.05, 0) is 38.8 Å². The Bertz CT molecular complexity index is 581. The van der Waals surface area contributed by atoms with E-state index in [4.69, 9.17) is 4.74 Å². The summed E-state index contributed by atoms with van der Waals surface area (Å²) in [5.41, 5.74) is 4.48. The highest BCUT2D eigenvalue weighted by Gasteiger charge is 2.14. The second kappa shape index (κ2) is 8.31. The average molecular weight is 317 g/mol. The highest BCUT2D eigenvalue weighted by Crippen LogP contribution is 2.11. The number of hydrogen-bond acceptors (Lipinski definition) is 4. The van der Waals surface area contributed by atoms with E-state index in [2.05, 4.69) is 15.8 Å². The normalized spacial score (nSPS) is 15.4. The Balaban J connectivity index is 1.66. The first-order valence-electron chi connectivity index (χ1n) is 7.86. The SMILES string of the molecule is Cc1ccc(OCC(C)NC(=O)CCC2=NNC(=O)CC2)cc1.